The highest BCUT2D eigenvalue weighted by molar-refractivity contribution is 5.94. The fourth-order valence-electron chi connectivity index (χ4n) is 2.02. The van der Waals surface area contributed by atoms with E-state index in [2.05, 4.69) is 12.0 Å². The Morgan fingerprint density at radius 1 is 1.38 bits per heavy atom. The summed E-state index contributed by atoms with van der Waals surface area (Å²) in [6.07, 6.45) is 1.93. The summed E-state index contributed by atoms with van der Waals surface area (Å²) in [5.41, 5.74) is 0.741. The van der Waals surface area contributed by atoms with E-state index in [4.69, 9.17) is 9.84 Å². The average molecular weight is 290 g/mol. The van der Waals surface area contributed by atoms with Crippen LogP contribution in [-0.4, -0.2) is 33.2 Å². The van der Waals surface area contributed by atoms with Gasteiger partial charge < -0.3 is 9.84 Å². The van der Waals surface area contributed by atoms with E-state index in [9.17, 15) is 9.59 Å². The summed E-state index contributed by atoms with van der Waals surface area (Å²) in [5.74, 6) is -0.551. The third-order valence-electron chi connectivity index (χ3n) is 3.07. The fourth-order valence-corrected chi connectivity index (χ4v) is 2.02. The summed E-state index contributed by atoms with van der Waals surface area (Å²) in [5, 5.41) is 14.1. The number of carbonyl (C=O) groups is 2. The van der Waals surface area contributed by atoms with Gasteiger partial charge in [0, 0.05) is 6.54 Å². The van der Waals surface area contributed by atoms with E-state index in [1.807, 2.05) is 0 Å². The molecule has 1 aromatic carbocycles. The summed E-state index contributed by atoms with van der Waals surface area (Å²) < 4.78 is 7.25. The van der Waals surface area contributed by atoms with Crippen LogP contribution in [0.3, 0.4) is 0 Å². The molecule has 0 spiro atoms. The van der Waals surface area contributed by atoms with Crippen molar-refractivity contribution < 1.29 is 19.4 Å². The summed E-state index contributed by atoms with van der Waals surface area (Å²) in [7, 11) is 0. The number of carboxylic acids is 1. The van der Waals surface area contributed by atoms with Crippen molar-refractivity contribution in [3.63, 3.8) is 0 Å². The highest BCUT2D eigenvalue weighted by Crippen LogP contribution is 2.27. The number of benzene rings is 1. The molecule has 6 nitrogen and oxygen atoms in total. The third-order valence-corrected chi connectivity index (χ3v) is 3.07. The van der Waals surface area contributed by atoms with Gasteiger partial charge >= 0.3 is 5.97 Å². The summed E-state index contributed by atoms with van der Waals surface area (Å²) in [6.45, 7) is 4.17. The van der Waals surface area contributed by atoms with E-state index < -0.39 is 5.97 Å². The highest BCUT2D eigenvalue weighted by atomic mass is 16.5. The SMILES string of the molecule is CCCCn1nc2cc(C(=O)O)ccc2c1OCC(C)=O. The van der Waals surface area contributed by atoms with Gasteiger partial charge in [-0.25, -0.2) is 9.48 Å². The Hall–Kier alpha value is -2.37. The zero-order valence-corrected chi connectivity index (χ0v) is 12.1. The molecular formula is C15H18N2O4. The van der Waals surface area contributed by atoms with Gasteiger partial charge in [0.1, 0.15) is 6.61 Å². The van der Waals surface area contributed by atoms with Crippen LogP contribution >= 0.6 is 0 Å². The second kappa shape index (κ2) is 6.39. The first-order valence-corrected chi connectivity index (χ1v) is 6.89. The Morgan fingerprint density at radius 2 is 2.14 bits per heavy atom. The number of carbonyl (C=O) groups excluding carboxylic acids is 1. The fraction of sp³-hybridized carbons (Fsp3) is 0.400. The van der Waals surface area contributed by atoms with Crippen molar-refractivity contribution >= 4 is 22.7 Å². The Bertz CT molecular complexity index is 676. The molecule has 6 heteroatoms. The van der Waals surface area contributed by atoms with E-state index in [1.165, 1.54) is 19.1 Å². The molecule has 0 fully saturated rings. The molecular weight excluding hydrogens is 272 g/mol. The molecule has 21 heavy (non-hydrogen) atoms. The molecule has 0 amide bonds. The normalized spacial score (nSPS) is 10.8. The van der Waals surface area contributed by atoms with Gasteiger partial charge in [-0.15, -0.1) is 0 Å². The smallest absolute Gasteiger partial charge is 0.335 e. The number of hydrogen-bond acceptors (Lipinski definition) is 4. The van der Waals surface area contributed by atoms with E-state index in [0.29, 0.717) is 17.9 Å². The summed E-state index contributed by atoms with van der Waals surface area (Å²) in [6, 6.07) is 4.70. The number of ether oxygens (including phenoxy) is 1. The maximum atomic E-state index is 11.1. The van der Waals surface area contributed by atoms with Crippen LogP contribution in [0.4, 0.5) is 0 Å². The lowest BCUT2D eigenvalue weighted by Gasteiger charge is -2.07. The molecule has 1 aromatic heterocycles. The first kappa shape index (κ1) is 15.0. The quantitative estimate of drug-likeness (QED) is 0.847. The van der Waals surface area contributed by atoms with Crippen molar-refractivity contribution in [1.82, 2.24) is 9.78 Å². The molecule has 0 atom stereocenters. The average Bonchev–Trinajstić information content (AvgIpc) is 2.79. The lowest BCUT2D eigenvalue weighted by molar-refractivity contribution is -0.119. The maximum absolute atomic E-state index is 11.1. The minimum absolute atomic E-state index is 0.0202. The number of aromatic nitrogens is 2. The van der Waals surface area contributed by atoms with Crippen LogP contribution in [0, 0.1) is 0 Å². The van der Waals surface area contributed by atoms with Crippen LogP contribution in [0.2, 0.25) is 0 Å². The molecule has 2 rings (SSSR count). The number of ketones is 1. The maximum Gasteiger partial charge on any atom is 0.335 e. The topological polar surface area (TPSA) is 81.4 Å². The van der Waals surface area contributed by atoms with Crippen LogP contribution in [0.25, 0.3) is 10.9 Å². The number of rotatable bonds is 7. The van der Waals surface area contributed by atoms with Crippen LogP contribution in [0.1, 0.15) is 37.0 Å². The van der Waals surface area contributed by atoms with Crippen LogP contribution in [-0.2, 0) is 11.3 Å². The molecule has 0 saturated carbocycles. The lowest BCUT2D eigenvalue weighted by atomic mass is 10.1. The monoisotopic (exact) mass is 290 g/mol. The van der Waals surface area contributed by atoms with E-state index in [-0.39, 0.29) is 18.0 Å². The van der Waals surface area contributed by atoms with Crippen molar-refractivity contribution in [2.45, 2.75) is 33.2 Å². The number of Topliss-reactive ketones (excluding diaryl/α,β-unsaturated/α-hetero) is 1. The van der Waals surface area contributed by atoms with E-state index >= 15 is 0 Å². The summed E-state index contributed by atoms with van der Waals surface area (Å²) >= 11 is 0. The molecule has 1 heterocycles. The molecule has 0 radical (unpaired) electrons. The van der Waals surface area contributed by atoms with E-state index in [0.717, 1.165) is 18.2 Å². The Morgan fingerprint density at radius 3 is 2.76 bits per heavy atom. The Labute approximate surface area is 122 Å². The number of fused-ring (bicyclic) bond motifs is 1. The van der Waals surface area contributed by atoms with E-state index in [1.54, 1.807) is 10.7 Å². The zero-order valence-electron chi connectivity index (χ0n) is 12.1. The predicted molar refractivity (Wildman–Crippen MR) is 77.8 cm³/mol. The number of aromatic carboxylic acids is 1. The number of aryl methyl sites for hydroxylation is 1. The highest BCUT2D eigenvalue weighted by Gasteiger charge is 2.15. The van der Waals surface area contributed by atoms with Gasteiger partial charge in [0.2, 0.25) is 5.88 Å². The van der Waals surface area contributed by atoms with Gasteiger partial charge in [-0.1, -0.05) is 13.3 Å². The molecule has 0 bridgehead atoms. The molecule has 0 saturated heterocycles. The van der Waals surface area contributed by atoms with Crippen molar-refractivity contribution in [1.29, 1.82) is 0 Å². The predicted octanol–water partition coefficient (Wildman–Crippen LogP) is 2.50. The third kappa shape index (κ3) is 3.39. The van der Waals surface area contributed by atoms with Gasteiger partial charge in [0.25, 0.3) is 0 Å². The molecule has 0 aliphatic carbocycles. The van der Waals surface area contributed by atoms with Gasteiger partial charge in [-0.05, 0) is 31.5 Å². The van der Waals surface area contributed by atoms with Crippen LogP contribution < -0.4 is 4.74 Å². The molecule has 0 aliphatic rings. The molecule has 112 valence electrons. The zero-order chi connectivity index (χ0) is 15.4. The first-order chi connectivity index (χ1) is 10.0. The Balaban J connectivity index is 2.44. The van der Waals surface area contributed by atoms with Gasteiger partial charge in [0.15, 0.2) is 5.78 Å². The van der Waals surface area contributed by atoms with Crippen molar-refractivity contribution in [2.75, 3.05) is 6.61 Å². The lowest BCUT2D eigenvalue weighted by Crippen LogP contribution is -2.11. The largest absolute Gasteiger partial charge is 0.478 e. The minimum atomic E-state index is -0.994. The second-order valence-corrected chi connectivity index (χ2v) is 4.91. The van der Waals surface area contributed by atoms with Crippen LogP contribution in [0.5, 0.6) is 5.88 Å². The first-order valence-electron chi connectivity index (χ1n) is 6.89. The number of carboxylic acid groups (broad SMARTS) is 1. The second-order valence-electron chi connectivity index (χ2n) is 4.91. The number of nitrogens with zero attached hydrogens (tertiary/aromatic N) is 2. The van der Waals surface area contributed by atoms with Crippen molar-refractivity contribution in [3.05, 3.63) is 23.8 Å². The molecule has 0 unspecified atom stereocenters. The minimum Gasteiger partial charge on any atom is -0.478 e. The van der Waals surface area contributed by atoms with Gasteiger partial charge in [-0.2, -0.15) is 5.10 Å². The van der Waals surface area contributed by atoms with Gasteiger partial charge in [-0.3, -0.25) is 4.79 Å². The number of hydrogen-bond donors (Lipinski definition) is 1. The molecule has 0 aliphatic heterocycles. The molecule has 1 N–H and O–H groups in total. The van der Waals surface area contributed by atoms with Gasteiger partial charge in [0.05, 0.1) is 16.5 Å². The number of unbranched alkanes of at least 4 members (excludes halogenated alkanes) is 1. The van der Waals surface area contributed by atoms with Crippen molar-refractivity contribution in [3.8, 4) is 5.88 Å². The van der Waals surface area contributed by atoms with Crippen molar-refractivity contribution in [2.24, 2.45) is 0 Å². The Kier molecular flexibility index (Phi) is 4.57. The summed E-state index contributed by atoms with van der Waals surface area (Å²) in [4.78, 5) is 22.1. The van der Waals surface area contributed by atoms with Crippen LogP contribution in [0.15, 0.2) is 18.2 Å². The molecule has 2 aromatic rings. The standard InChI is InChI=1S/C15H18N2O4/c1-3-4-7-17-14(21-9-10(2)18)12-6-5-11(15(19)20)8-13(12)16-17/h5-6,8H,3-4,7,9H2,1-2H3,(H,19,20).